The van der Waals surface area contributed by atoms with Crippen LogP contribution in [0.1, 0.15) is 32.1 Å². The molecular weight excluding hydrogens is 216 g/mol. The second kappa shape index (κ2) is 5.28. The molecule has 16 heavy (non-hydrogen) atoms. The lowest BCUT2D eigenvalue weighted by molar-refractivity contribution is 0.230. The Bertz CT molecular complexity index is 216. The number of hydrogen-bond acceptors (Lipinski definition) is 3. The van der Waals surface area contributed by atoms with Crippen LogP contribution in [0.4, 0.5) is 0 Å². The number of nitrogens with one attached hydrogen (secondary N) is 1. The molecule has 0 aromatic heterocycles. The normalized spacial score (nSPS) is 40.1. The molecule has 0 aromatic rings. The highest BCUT2D eigenvalue weighted by Crippen LogP contribution is 2.32. The molecule has 92 valence electrons. The molecule has 0 amide bonds. The van der Waals surface area contributed by atoms with Gasteiger partial charge in [0.25, 0.3) is 0 Å². The van der Waals surface area contributed by atoms with Crippen molar-refractivity contribution < 1.29 is 0 Å². The van der Waals surface area contributed by atoms with Gasteiger partial charge in [-0.2, -0.15) is 11.8 Å². The quantitative estimate of drug-likeness (QED) is 0.812. The van der Waals surface area contributed by atoms with E-state index in [9.17, 15) is 0 Å². The fourth-order valence-electron chi connectivity index (χ4n) is 3.60. The first-order chi connectivity index (χ1) is 7.90. The highest BCUT2D eigenvalue weighted by Gasteiger charge is 2.33. The lowest BCUT2D eigenvalue weighted by atomic mass is 9.89. The lowest BCUT2D eigenvalue weighted by Crippen LogP contribution is -2.40. The van der Waals surface area contributed by atoms with Crippen molar-refractivity contribution in [3.63, 3.8) is 0 Å². The summed E-state index contributed by atoms with van der Waals surface area (Å²) in [4.78, 5) is 2.68. The van der Waals surface area contributed by atoms with Crippen molar-refractivity contribution in [1.29, 1.82) is 0 Å². The smallest absolute Gasteiger partial charge is 0.00728 e. The molecule has 0 spiro atoms. The molecule has 1 N–H and O–H groups in total. The maximum absolute atomic E-state index is 3.74. The first kappa shape index (κ1) is 11.4. The molecule has 3 heterocycles. The summed E-state index contributed by atoms with van der Waals surface area (Å²) in [5.74, 6) is 3.74. The Morgan fingerprint density at radius 1 is 1.06 bits per heavy atom. The Hall–Kier alpha value is 0.270. The van der Waals surface area contributed by atoms with Crippen molar-refractivity contribution in [3.05, 3.63) is 0 Å². The topological polar surface area (TPSA) is 15.3 Å². The van der Waals surface area contributed by atoms with Gasteiger partial charge < -0.3 is 10.2 Å². The fraction of sp³-hybridized carbons (Fsp3) is 1.00. The van der Waals surface area contributed by atoms with E-state index < -0.39 is 0 Å². The minimum absolute atomic E-state index is 0.876. The Labute approximate surface area is 104 Å². The molecule has 3 aliphatic heterocycles. The van der Waals surface area contributed by atoms with Crippen LogP contribution in [0, 0.1) is 5.92 Å². The van der Waals surface area contributed by atoms with Gasteiger partial charge in [0.15, 0.2) is 0 Å². The highest BCUT2D eigenvalue weighted by molar-refractivity contribution is 7.99. The van der Waals surface area contributed by atoms with Crippen molar-refractivity contribution in [2.75, 3.05) is 31.1 Å². The van der Waals surface area contributed by atoms with Crippen molar-refractivity contribution in [2.24, 2.45) is 5.92 Å². The molecule has 3 rings (SSSR count). The molecule has 3 aliphatic rings. The van der Waals surface area contributed by atoms with Gasteiger partial charge in [-0.05, 0) is 44.6 Å². The fourth-order valence-corrected chi connectivity index (χ4v) is 4.58. The van der Waals surface area contributed by atoms with E-state index in [4.69, 9.17) is 0 Å². The average Bonchev–Trinajstić information content (AvgIpc) is 2.67. The molecule has 3 fully saturated rings. The summed E-state index contributed by atoms with van der Waals surface area (Å²) < 4.78 is 0. The molecule has 0 radical (unpaired) electrons. The van der Waals surface area contributed by atoms with Gasteiger partial charge in [-0.15, -0.1) is 0 Å². The lowest BCUT2D eigenvalue weighted by Gasteiger charge is -2.32. The van der Waals surface area contributed by atoms with Crippen LogP contribution in [0.25, 0.3) is 0 Å². The van der Waals surface area contributed by atoms with E-state index in [1.807, 2.05) is 0 Å². The van der Waals surface area contributed by atoms with Crippen LogP contribution in [0.2, 0.25) is 0 Å². The molecule has 0 saturated carbocycles. The first-order valence-corrected chi connectivity index (χ1v) is 8.12. The Morgan fingerprint density at radius 2 is 1.75 bits per heavy atom. The maximum Gasteiger partial charge on any atom is 0.00728 e. The summed E-state index contributed by atoms with van der Waals surface area (Å²) in [7, 11) is 0. The van der Waals surface area contributed by atoms with Crippen LogP contribution in [0.3, 0.4) is 0 Å². The first-order valence-electron chi connectivity index (χ1n) is 6.96. The van der Waals surface area contributed by atoms with Crippen LogP contribution in [0.5, 0.6) is 0 Å². The monoisotopic (exact) mass is 240 g/mol. The average molecular weight is 240 g/mol. The number of thioether (sulfide) groups is 1. The molecule has 0 aliphatic carbocycles. The van der Waals surface area contributed by atoms with Gasteiger partial charge in [-0.25, -0.2) is 0 Å². The number of fused-ring (bicyclic) bond motifs is 2. The maximum atomic E-state index is 3.74. The van der Waals surface area contributed by atoms with Crippen LogP contribution >= 0.6 is 11.8 Å². The third-order valence-electron chi connectivity index (χ3n) is 4.53. The zero-order valence-electron chi connectivity index (χ0n) is 10.2. The second-order valence-corrected chi connectivity index (χ2v) is 6.94. The summed E-state index contributed by atoms with van der Waals surface area (Å²) in [5, 5.41) is 3.74. The summed E-state index contributed by atoms with van der Waals surface area (Å²) >= 11 is 2.12. The van der Waals surface area contributed by atoms with E-state index in [2.05, 4.69) is 22.0 Å². The minimum Gasteiger partial charge on any atom is -0.311 e. The third-order valence-corrected chi connectivity index (χ3v) is 5.47. The summed E-state index contributed by atoms with van der Waals surface area (Å²) in [6.45, 7) is 4.04. The van der Waals surface area contributed by atoms with Gasteiger partial charge in [-0.3, -0.25) is 0 Å². The largest absolute Gasteiger partial charge is 0.311 e. The van der Waals surface area contributed by atoms with E-state index >= 15 is 0 Å². The van der Waals surface area contributed by atoms with Crippen molar-refractivity contribution in [2.45, 2.75) is 44.2 Å². The number of nitrogens with zero attached hydrogens (tertiary/aromatic N) is 1. The second-order valence-electron chi connectivity index (χ2n) is 5.72. The van der Waals surface area contributed by atoms with Gasteiger partial charge in [0, 0.05) is 36.7 Å². The molecule has 2 bridgehead atoms. The number of rotatable bonds is 3. The van der Waals surface area contributed by atoms with Gasteiger partial charge in [0.2, 0.25) is 0 Å². The van der Waals surface area contributed by atoms with Crippen molar-refractivity contribution >= 4 is 11.8 Å². The Kier molecular flexibility index (Phi) is 3.75. The zero-order valence-corrected chi connectivity index (χ0v) is 11.0. The minimum atomic E-state index is 0.876. The van der Waals surface area contributed by atoms with E-state index in [-0.39, 0.29) is 0 Å². The van der Waals surface area contributed by atoms with Crippen LogP contribution in [-0.2, 0) is 0 Å². The standard InChI is InChI=1S/C13H24N2S/c1-2-13-10-11(9-12(1)14-13)3-4-15-5-7-16-8-6-15/h11-14H,1-10H2. The van der Waals surface area contributed by atoms with Gasteiger partial charge in [0.1, 0.15) is 0 Å². The van der Waals surface area contributed by atoms with E-state index in [0.717, 1.165) is 18.0 Å². The van der Waals surface area contributed by atoms with E-state index in [0.29, 0.717) is 0 Å². The summed E-state index contributed by atoms with van der Waals surface area (Å²) in [5.41, 5.74) is 0. The summed E-state index contributed by atoms with van der Waals surface area (Å²) in [6, 6.07) is 1.75. The van der Waals surface area contributed by atoms with Crippen LogP contribution in [-0.4, -0.2) is 48.1 Å². The van der Waals surface area contributed by atoms with Crippen molar-refractivity contribution in [3.8, 4) is 0 Å². The van der Waals surface area contributed by atoms with Gasteiger partial charge in [0.05, 0.1) is 0 Å². The van der Waals surface area contributed by atoms with Crippen LogP contribution in [0.15, 0.2) is 0 Å². The molecule has 3 heteroatoms. The molecular formula is C13H24N2S. The third kappa shape index (κ3) is 2.74. The predicted octanol–water partition coefficient (Wildman–Crippen LogP) is 1.96. The van der Waals surface area contributed by atoms with Gasteiger partial charge in [-0.1, -0.05) is 0 Å². The molecule has 2 atom stereocenters. The van der Waals surface area contributed by atoms with Crippen LogP contribution < -0.4 is 5.32 Å². The van der Waals surface area contributed by atoms with E-state index in [1.54, 1.807) is 0 Å². The zero-order chi connectivity index (χ0) is 10.8. The SMILES string of the molecule is C1CN(CCC2CC3CCC(C2)N3)CCS1. The molecule has 2 unspecified atom stereocenters. The molecule has 3 saturated heterocycles. The summed E-state index contributed by atoms with van der Waals surface area (Å²) in [6.07, 6.45) is 7.26. The van der Waals surface area contributed by atoms with Crippen molar-refractivity contribution in [1.82, 2.24) is 10.2 Å². The number of piperidine rings is 1. The predicted molar refractivity (Wildman–Crippen MR) is 71.1 cm³/mol. The number of hydrogen-bond donors (Lipinski definition) is 1. The Morgan fingerprint density at radius 3 is 2.44 bits per heavy atom. The van der Waals surface area contributed by atoms with E-state index in [1.165, 1.54) is 63.2 Å². The molecule has 0 aromatic carbocycles. The Balaban J connectivity index is 1.41. The van der Waals surface area contributed by atoms with Gasteiger partial charge >= 0.3 is 0 Å². The highest BCUT2D eigenvalue weighted by atomic mass is 32.2. The molecule has 2 nitrogen and oxygen atoms in total.